The number of hydrogen-bond acceptors (Lipinski definition) is 4. The number of ether oxygens (including phenoxy) is 1. The summed E-state index contributed by atoms with van der Waals surface area (Å²) < 4.78 is 10.7. The third-order valence-corrected chi connectivity index (χ3v) is 3.69. The highest BCUT2D eigenvalue weighted by Gasteiger charge is 2.22. The molecule has 1 aromatic carbocycles. The number of esters is 1. The smallest absolute Gasteiger partial charge is 0.328 e. The molecule has 0 aliphatic rings. The maximum Gasteiger partial charge on any atom is 0.328 e. The zero-order valence-electron chi connectivity index (χ0n) is 15.4. The van der Waals surface area contributed by atoms with Crippen LogP contribution in [0.1, 0.15) is 37.4 Å². The molecule has 0 unspecified atom stereocenters. The fraction of sp³-hybridized carbons (Fsp3) is 0.333. The molecule has 2 rings (SSSR count). The van der Waals surface area contributed by atoms with Crippen molar-refractivity contribution in [2.24, 2.45) is 5.92 Å². The molecule has 0 saturated carbocycles. The molecule has 0 radical (unpaired) electrons. The molecule has 138 valence electrons. The summed E-state index contributed by atoms with van der Waals surface area (Å²) in [5.41, 5.74) is 0.906. The number of nitrogens with one attached hydrogen (secondary N) is 1. The SMILES string of the molecule is Cc1ccc(C=CC(=O)N[C@@H](CC(C)C)C(=O)OCc2ccccc2)o1. The Morgan fingerprint density at radius 3 is 2.50 bits per heavy atom. The van der Waals surface area contributed by atoms with E-state index in [1.807, 2.05) is 57.2 Å². The van der Waals surface area contributed by atoms with Crippen LogP contribution in [0.3, 0.4) is 0 Å². The minimum absolute atomic E-state index is 0.186. The van der Waals surface area contributed by atoms with Crippen LogP contribution in [0.5, 0.6) is 0 Å². The number of carbonyl (C=O) groups is 2. The van der Waals surface area contributed by atoms with Crippen molar-refractivity contribution in [3.05, 3.63) is 65.6 Å². The molecule has 1 aromatic heterocycles. The molecule has 0 fully saturated rings. The van der Waals surface area contributed by atoms with Crippen LogP contribution in [0.2, 0.25) is 0 Å². The van der Waals surface area contributed by atoms with Crippen LogP contribution >= 0.6 is 0 Å². The lowest BCUT2D eigenvalue weighted by molar-refractivity contribution is -0.149. The number of carbonyl (C=O) groups excluding carboxylic acids is 2. The first-order chi connectivity index (χ1) is 12.4. The molecule has 2 aromatic rings. The van der Waals surface area contributed by atoms with Gasteiger partial charge in [0.2, 0.25) is 5.91 Å². The van der Waals surface area contributed by atoms with Gasteiger partial charge in [-0.3, -0.25) is 4.79 Å². The lowest BCUT2D eigenvalue weighted by Gasteiger charge is -2.18. The highest BCUT2D eigenvalue weighted by molar-refractivity contribution is 5.94. The lowest BCUT2D eigenvalue weighted by Crippen LogP contribution is -2.42. The summed E-state index contributed by atoms with van der Waals surface area (Å²) in [5, 5.41) is 2.72. The predicted octanol–water partition coefficient (Wildman–Crippen LogP) is 3.88. The van der Waals surface area contributed by atoms with Crippen LogP contribution in [0.4, 0.5) is 0 Å². The average molecular weight is 355 g/mol. The van der Waals surface area contributed by atoms with E-state index in [2.05, 4.69) is 5.32 Å². The largest absolute Gasteiger partial charge is 0.462 e. The fourth-order valence-electron chi connectivity index (χ4n) is 2.44. The van der Waals surface area contributed by atoms with Crippen molar-refractivity contribution in [1.82, 2.24) is 5.32 Å². The van der Waals surface area contributed by atoms with E-state index < -0.39 is 12.0 Å². The van der Waals surface area contributed by atoms with E-state index in [1.54, 1.807) is 12.1 Å². The Labute approximate surface area is 154 Å². The summed E-state index contributed by atoms with van der Waals surface area (Å²) in [5.74, 6) is 0.803. The Kier molecular flexibility index (Phi) is 7.21. The maximum atomic E-state index is 12.4. The van der Waals surface area contributed by atoms with Crippen molar-refractivity contribution < 1.29 is 18.7 Å². The van der Waals surface area contributed by atoms with Gasteiger partial charge in [-0.25, -0.2) is 4.79 Å². The van der Waals surface area contributed by atoms with E-state index in [4.69, 9.17) is 9.15 Å². The number of aryl methyl sites for hydroxylation is 1. The van der Waals surface area contributed by atoms with E-state index in [-0.39, 0.29) is 18.4 Å². The zero-order chi connectivity index (χ0) is 18.9. The molecule has 1 amide bonds. The van der Waals surface area contributed by atoms with Gasteiger partial charge < -0.3 is 14.5 Å². The van der Waals surface area contributed by atoms with E-state index >= 15 is 0 Å². The third-order valence-electron chi connectivity index (χ3n) is 3.69. The molecule has 0 spiro atoms. The van der Waals surface area contributed by atoms with Gasteiger partial charge in [-0.2, -0.15) is 0 Å². The summed E-state index contributed by atoms with van der Waals surface area (Å²) in [6.07, 6.45) is 3.44. The Balaban J connectivity index is 1.93. The first kappa shape index (κ1) is 19.5. The predicted molar refractivity (Wildman–Crippen MR) is 100 cm³/mol. The lowest BCUT2D eigenvalue weighted by atomic mass is 10.0. The van der Waals surface area contributed by atoms with Gasteiger partial charge in [-0.15, -0.1) is 0 Å². The molecule has 0 aliphatic carbocycles. The second-order valence-corrected chi connectivity index (χ2v) is 6.57. The first-order valence-corrected chi connectivity index (χ1v) is 8.69. The molecule has 1 atom stereocenters. The number of rotatable bonds is 8. The monoisotopic (exact) mass is 355 g/mol. The zero-order valence-corrected chi connectivity index (χ0v) is 15.4. The van der Waals surface area contributed by atoms with Crippen LogP contribution in [0, 0.1) is 12.8 Å². The second-order valence-electron chi connectivity index (χ2n) is 6.57. The standard InChI is InChI=1S/C21H25NO4/c1-15(2)13-19(21(24)25-14-17-7-5-4-6-8-17)22-20(23)12-11-18-10-9-16(3)26-18/h4-12,15,19H,13-14H2,1-3H3,(H,22,23)/t19-/m0/s1. The highest BCUT2D eigenvalue weighted by Crippen LogP contribution is 2.10. The maximum absolute atomic E-state index is 12.4. The Bertz CT molecular complexity index is 746. The van der Waals surface area contributed by atoms with Crippen LogP contribution in [-0.2, 0) is 20.9 Å². The van der Waals surface area contributed by atoms with Gasteiger partial charge in [-0.05, 0) is 43.0 Å². The van der Waals surface area contributed by atoms with Gasteiger partial charge in [0.1, 0.15) is 24.2 Å². The molecule has 26 heavy (non-hydrogen) atoms. The van der Waals surface area contributed by atoms with Gasteiger partial charge in [0.05, 0.1) is 0 Å². The fourth-order valence-corrected chi connectivity index (χ4v) is 2.44. The highest BCUT2D eigenvalue weighted by atomic mass is 16.5. The minimum Gasteiger partial charge on any atom is -0.462 e. The summed E-state index contributed by atoms with van der Waals surface area (Å²) in [4.78, 5) is 24.5. The molecule has 0 aliphatic heterocycles. The summed E-state index contributed by atoms with van der Waals surface area (Å²) in [6.45, 7) is 6.00. The van der Waals surface area contributed by atoms with Crippen LogP contribution in [0.25, 0.3) is 6.08 Å². The van der Waals surface area contributed by atoms with E-state index in [1.165, 1.54) is 6.08 Å². The molecule has 5 heteroatoms. The molecular weight excluding hydrogens is 330 g/mol. The Morgan fingerprint density at radius 1 is 1.15 bits per heavy atom. The van der Waals surface area contributed by atoms with E-state index in [0.717, 1.165) is 11.3 Å². The second kappa shape index (κ2) is 9.61. The topological polar surface area (TPSA) is 68.5 Å². The number of furan rings is 1. The van der Waals surface area contributed by atoms with Crippen LogP contribution in [0.15, 0.2) is 53.0 Å². The van der Waals surface area contributed by atoms with Crippen molar-refractivity contribution in [3.8, 4) is 0 Å². The summed E-state index contributed by atoms with van der Waals surface area (Å²) in [7, 11) is 0. The average Bonchev–Trinajstić information content (AvgIpc) is 3.03. The molecule has 1 heterocycles. The third kappa shape index (κ3) is 6.59. The molecule has 1 N–H and O–H groups in total. The van der Waals surface area contributed by atoms with Crippen molar-refractivity contribution in [3.63, 3.8) is 0 Å². The minimum atomic E-state index is -0.686. The summed E-state index contributed by atoms with van der Waals surface area (Å²) >= 11 is 0. The van der Waals surface area contributed by atoms with Crippen molar-refractivity contribution in [2.75, 3.05) is 0 Å². The van der Waals surface area contributed by atoms with Crippen LogP contribution in [-0.4, -0.2) is 17.9 Å². The quantitative estimate of drug-likeness (QED) is 0.576. The number of amides is 1. The van der Waals surface area contributed by atoms with Crippen molar-refractivity contribution in [2.45, 2.75) is 39.8 Å². The van der Waals surface area contributed by atoms with Gasteiger partial charge in [0.15, 0.2) is 0 Å². The van der Waals surface area contributed by atoms with Gasteiger partial charge in [0, 0.05) is 6.08 Å². The Morgan fingerprint density at radius 2 is 1.88 bits per heavy atom. The van der Waals surface area contributed by atoms with Crippen molar-refractivity contribution in [1.29, 1.82) is 0 Å². The van der Waals surface area contributed by atoms with E-state index in [9.17, 15) is 9.59 Å². The van der Waals surface area contributed by atoms with Gasteiger partial charge >= 0.3 is 5.97 Å². The number of hydrogen-bond donors (Lipinski definition) is 1. The van der Waals surface area contributed by atoms with Crippen molar-refractivity contribution >= 4 is 18.0 Å². The molecule has 0 saturated heterocycles. The van der Waals surface area contributed by atoms with E-state index in [0.29, 0.717) is 12.2 Å². The number of benzene rings is 1. The normalized spacial score (nSPS) is 12.3. The molecular formula is C21H25NO4. The van der Waals surface area contributed by atoms with Gasteiger partial charge in [0.25, 0.3) is 0 Å². The molecule has 5 nitrogen and oxygen atoms in total. The first-order valence-electron chi connectivity index (χ1n) is 8.69. The Hall–Kier alpha value is -2.82. The van der Waals surface area contributed by atoms with Gasteiger partial charge in [-0.1, -0.05) is 44.2 Å². The van der Waals surface area contributed by atoms with Crippen LogP contribution < -0.4 is 5.32 Å². The summed E-state index contributed by atoms with van der Waals surface area (Å²) in [6, 6.07) is 12.4. The molecule has 0 bridgehead atoms.